The molecule has 170 valence electrons. The number of likely N-dealkylation sites (N-methyl/N-ethyl adjacent to an activating group) is 1. The van der Waals surface area contributed by atoms with Gasteiger partial charge in [0.25, 0.3) is 11.8 Å². The first-order chi connectivity index (χ1) is 16.1. The summed E-state index contributed by atoms with van der Waals surface area (Å²) in [5.41, 5.74) is 2.43. The van der Waals surface area contributed by atoms with Crippen molar-refractivity contribution in [3.8, 4) is 17.2 Å². The molecule has 1 aliphatic rings. The Balaban J connectivity index is 1.28. The number of rotatable bonds is 8. The summed E-state index contributed by atoms with van der Waals surface area (Å²) in [6.45, 7) is 1.78. The van der Waals surface area contributed by atoms with Gasteiger partial charge in [-0.2, -0.15) is 0 Å². The molecule has 0 bridgehead atoms. The Morgan fingerprint density at radius 1 is 0.909 bits per heavy atom. The molecular formula is C26H26N2O5. The molecule has 1 N–H and O–H groups in total. The average Bonchev–Trinajstić information content (AvgIpc) is 2.86. The maximum absolute atomic E-state index is 12.6. The van der Waals surface area contributed by atoms with E-state index in [4.69, 9.17) is 14.2 Å². The molecule has 7 nitrogen and oxygen atoms in total. The summed E-state index contributed by atoms with van der Waals surface area (Å²) in [6, 6.07) is 22.1. The minimum Gasteiger partial charge on any atom is -0.486 e. The van der Waals surface area contributed by atoms with E-state index in [-0.39, 0.29) is 18.4 Å². The first-order valence-corrected chi connectivity index (χ1v) is 10.8. The van der Waals surface area contributed by atoms with E-state index in [2.05, 4.69) is 5.32 Å². The normalized spacial score (nSPS) is 12.0. The lowest BCUT2D eigenvalue weighted by Crippen LogP contribution is -2.31. The number of hydrogen-bond donors (Lipinski definition) is 1. The van der Waals surface area contributed by atoms with Crippen molar-refractivity contribution in [2.75, 3.05) is 26.9 Å². The van der Waals surface area contributed by atoms with E-state index in [1.54, 1.807) is 36.2 Å². The number of hydrogen-bond acceptors (Lipinski definition) is 5. The average molecular weight is 447 g/mol. The van der Waals surface area contributed by atoms with Gasteiger partial charge in [-0.05, 0) is 41.5 Å². The van der Waals surface area contributed by atoms with E-state index in [9.17, 15) is 9.59 Å². The molecule has 1 heterocycles. The smallest absolute Gasteiger partial charge is 0.260 e. The van der Waals surface area contributed by atoms with E-state index in [1.807, 2.05) is 48.5 Å². The monoisotopic (exact) mass is 446 g/mol. The molecule has 0 saturated heterocycles. The zero-order valence-electron chi connectivity index (χ0n) is 18.5. The van der Waals surface area contributed by atoms with E-state index in [0.29, 0.717) is 43.4 Å². The van der Waals surface area contributed by atoms with Crippen molar-refractivity contribution in [3.63, 3.8) is 0 Å². The molecule has 0 atom stereocenters. The predicted octanol–water partition coefficient (Wildman–Crippen LogP) is 3.43. The van der Waals surface area contributed by atoms with Crippen LogP contribution in [0.3, 0.4) is 0 Å². The number of nitrogens with one attached hydrogen (secondary N) is 1. The fourth-order valence-electron chi connectivity index (χ4n) is 3.41. The van der Waals surface area contributed by atoms with Crippen molar-refractivity contribution < 1.29 is 23.8 Å². The van der Waals surface area contributed by atoms with Crippen molar-refractivity contribution in [2.24, 2.45) is 0 Å². The molecule has 0 unspecified atom stereocenters. The maximum Gasteiger partial charge on any atom is 0.260 e. The molecular weight excluding hydrogens is 420 g/mol. The van der Waals surface area contributed by atoms with Gasteiger partial charge >= 0.3 is 0 Å². The van der Waals surface area contributed by atoms with Gasteiger partial charge in [0.2, 0.25) is 0 Å². The molecule has 0 aliphatic carbocycles. The summed E-state index contributed by atoms with van der Waals surface area (Å²) < 4.78 is 16.8. The molecule has 0 fully saturated rings. The van der Waals surface area contributed by atoms with Gasteiger partial charge < -0.3 is 24.4 Å². The Hall–Kier alpha value is -4.00. The third-order valence-electron chi connectivity index (χ3n) is 5.21. The molecule has 0 saturated carbocycles. The first-order valence-electron chi connectivity index (χ1n) is 10.8. The van der Waals surface area contributed by atoms with Crippen LogP contribution in [0.25, 0.3) is 0 Å². The molecule has 0 spiro atoms. The largest absolute Gasteiger partial charge is 0.486 e. The van der Waals surface area contributed by atoms with Gasteiger partial charge in [-0.15, -0.1) is 0 Å². The zero-order chi connectivity index (χ0) is 23.0. The highest BCUT2D eigenvalue weighted by Crippen LogP contribution is 2.31. The van der Waals surface area contributed by atoms with Crippen LogP contribution in [0.4, 0.5) is 0 Å². The summed E-state index contributed by atoms with van der Waals surface area (Å²) in [5, 5.41) is 2.89. The molecule has 0 aromatic heterocycles. The Bertz CT molecular complexity index is 1120. The van der Waals surface area contributed by atoms with Crippen LogP contribution in [0.1, 0.15) is 21.5 Å². The fraction of sp³-hybridized carbons (Fsp3) is 0.231. The summed E-state index contributed by atoms with van der Waals surface area (Å²) in [6.07, 6.45) is 0. The summed E-state index contributed by atoms with van der Waals surface area (Å²) >= 11 is 0. The Labute approximate surface area is 192 Å². The molecule has 2 amide bonds. The molecule has 1 aliphatic heterocycles. The SMILES string of the molecule is CN(Cc1ccc2c(c1)OCCO2)C(=O)COc1cccc(C(=O)NCc2ccccc2)c1. The standard InChI is InChI=1S/C26H26N2O5/c1-28(17-20-10-11-23-24(14-20)32-13-12-31-23)25(29)18-33-22-9-5-8-21(15-22)26(30)27-16-19-6-3-2-4-7-19/h2-11,14-15H,12-13,16-18H2,1H3,(H,27,30). The quantitative estimate of drug-likeness (QED) is 0.574. The molecule has 4 rings (SSSR count). The first kappa shape index (κ1) is 22.2. The van der Waals surface area contributed by atoms with Gasteiger partial charge in [0.05, 0.1) is 0 Å². The minimum absolute atomic E-state index is 0.129. The molecule has 7 heteroatoms. The highest BCUT2D eigenvalue weighted by Gasteiger charge is 2.15. The molecule has 0 radical (unpaired) electrons. The number of nitrogens with zero attached hydrogens (tertiary/aromatic N) is 1. The van der Waals surface area contributed by atoms with Crippen LogP contribution in [-0.2, 0) is 17.9 Å². The number of benzene rings is 3. The van der Waals surface area contributed by atoms with Crippen LogP contribution in [0, 0.1) is 0 Å². The Morgan fingerprint density at radius 3 is 2.52 bits per heavy atom. The van der Waals surface area contributed by atoms with Gasteiger partial charge in [-0.25, -0.2) is 0 Å². The molecule has 33 heavy (non-hydrogen) atoms. The summed E-state index contributed by atoms with van der Waals surface area (Å²) in [5.74, 6) is 1.49. The molecule has 3 aromatic rings. The number of amides is 2. The number of carbonyl (C=O) groups is 2. The Morgan fingerprint density at radius 2 is 1.70 bits per heavy atom. The van der Waals surface area contributed by atoms with Gasteiger partial charge in [-0.1, -0.05) is 42.5 Å². The fourth-order valence-corrected chi connectivity index (χ4v) is 3.41. The lowest BCUT2D eigenvalue weighted by molar-refractivity contribution is -0.132. The number of fused-ring (bicyclic) bond motifs is 1. The number of ether oxygens (including phenoxy) is 3. The van der Waals surface area contributed by atoms with Crippen molar-refractivity contribution >= 4 is 11.8 Å². The highest BCUT2D eigenvalue weighted by molar-refractivity contribution is 5.94. The van der Waals surface area contributed by atoms with Crippen LogP contribution < -0.4 is 19.5 Å². The van der Waals surface area contributed by atoms with Crippen LogP contribution in [0.15, 0.2) is 72.8 Å². The van der Waals surface area contributed by atoms with Crippen molar-refractivity contribution in [3.05, 3.63) is 89.5 Å². The van der Waals surface area contributed by atoms with Gasteiger partial charge in [0.15, 0.2) is 18.1 Å². The predicted molar refractivity (Wildman–Crippen MR) is 123 cm³/mol. The summed E-state index contributed by atoms with van der Waals surface area (Å²) in [7, 11) is 1.72. The third-order valence-corrected chi connectivity index (χ3v) is 5.21. The van der Waals surface area contributed by atoms with Crippen LogP contribution in [0.5, 0.6) is 17.2 Å². The maximum atomic E-state index is 12.6. The second-order valence-electron chi connectivity index (χ2n) is 7.71. The van der Waals surface area contributed by atoms with E-state index in [0.717, 1.165) is 16.9 Å². The van der Waals surface area contributed by atoms with Crippen LogP contribution in [-0.4, -0.2) is 43.6 Å². The van der Waals surface area contributed by atoms with Gasteiger partial charge in [-0.3, -0.25) is 9.59 Å². The second-order valence-corrected chi connectivity index (χ2v) is 7.71. The highest BCUT2D eigenvalue weighted by atomic mass is 16.6. The zero-order valence-corrected chi connectivity index (χ0v) is 18.5. The number of carbonyl (C=O) groups excluding carboxylic acids is 2. The topological polar surface area (TPSA) is 77.1 Å². The van der Waals surface area contributed by atoms with E-state index < -0.39 is 0 Å². The van der Waals surface area contributed by atoms with Crippen LogP contribution in [0.2, 0.25) is 0 Å². The van der Waals surface area contributed by atoms with Crippen LogP contribution >= 0.6 is 0 Å². The van der Waals surface area contributed by atoms with Gasteiger partial charge in [0.1, 0.15) is 19.0 Å². The Kier molecular flexibility index (Phi) is 7.09. The second kappa shape index (κ2) is 10.5. The minimum atomic E-state index is -0.202. The lowest BCUT2D eigenvalue weighted by atomic mass is 10.2. The van der Waals surface area contributed by atoms with Crippen molar-refractivity contribution in [2.45, 2.75) is 13.1 Å². The van der Waals surface area contributed by atoms with E-state index in [1.165, 1.54) is 0 Å². The van der Waals surface area contributed by atoms with Crippen molar-refractivity contribution in [1.82, 2.24) is 10.2 Å². The third kappa shape index (κ3) is 6.04. The summed E-state index contributed by atoms with van der Waals surface area (Å²) in [4.78, 5) is 26.6. The van der Waals surface area contributed by atoms with Crippen molar-refractivity contribution in [1.29, 1.82) is 0 Å². The lowest BCUT2D eigenvalue weighted by Gasteiger charge is -2.21. The molecule has 3 aromatic carbocycles. The van der Waals surface area contributed by atoms with E-state index >= 15 is 0 Å². The van der Waals surface area contributed by atoms with Gasteiger partial charge in [0, 0.05) is 25.7 Å².